The van der Waals surface area contributed by atoms with Crippen LogP contribution in [0.4, 0.5) is 5.69 Å². The number of amides is 1. The van der Waals surface area contributed by atoms with Crippen molar-refractivity contribution in [1.82, 2.24) is 4.31 Å². The van der Waals surface area contributed by atoms with Gasteiger partial charge in [-0.05, 0) is 61.1 Å². The summed E-state index contributed by atoms with van der Waals surface area (Å²) in [5, 5.41) is 2.86. The van der Waals surface area contributed by atoms with E-state index in [9.17, 15) is 13.2 Å². The second kappa shape index (κ2) is 9.07. The Hall–Kier alpha value is -2.22. The molecule has 1 heterocycles. The Bertz CT molecular complexity index is 980. The first-order valence-corrected chi connectivity index (χ1v) is 11.3. The molecule has 0 unspecified atom stereocenters. The monoisotopic (exact) mass is 416 g/mol. The lowest BCUT2D eigenvalue weighted by Crippen LogP contribution is -2.38. The maximum atomic E-state index is 13.0. The average Bonchev–Trinajstić information content (AvgIpc) is 2.69. The normalized spacial score (nSPS) is 16.0. The molecule has 156 valence electrons. The van der Waals surface area contributed by atoms with Crippen molar-refractivity contribution < 1.29 is 17.9 Å². The van der Waals surface area contributed by atoms with Crippen LogP contribution in [0.15, 0.2) is 47.4 Å². The number of sulfonamides is 1. The van der Waals surface area contributed by atoms with Gasteiger partial charge in [-0.15, -0.1) is 0 Å². The third-order valence-corrected chi connectivity index (χ3v) is 7.22. The highest BCUT2D eigenvalue weighted by atomic mass is 32.2. The summed E-state index contributed by atoms with van der Waals surface area (Å²) in [5.41, 5.74) is 2.66. The van der Waals surface area contributed by atoms with Crippen molar-refractivity contribution in [3.05, 3.63) is 59.2 Å². The van der Waals surface area contributed by atoms with Crippen molar-refractivity contribution in [2.75, 3.05) is 25.5 Å². The summed E-state index contributed by atoms with van der Waals surface area (Å²) in [6.07, 6.45) is 1.71. The minimum Gasteiger partial charge on any atom is -0.380 e. The molecule has 0 bridgehead atoms. The highest BCUT2D eigenvalue weighted by molar-refractivity contribution is 7.89. The number of ether oxygens (including phenoxy) is 1. The lowest BCUT2D eigenvalue weighted by atomic mass is 10.0. The molecule has 0 atom stereocenters. The van der Waals surface area contributed by atoms with Gasteiger partial charge in [-0.3, -0.25) is 4.79 Å². The van der Waals surface area contributed by atoms with Crippen molar-refractivity contribution in [1.29, 1.82) is 0 Å². The molecule has 3 rings (SSSR count). The van der Waals surface area contributed by atoms with E-state index in [0.717, 1.165) is 24.0 Å². The van der Waals surface area contributed by atoms with E-state index in [1.807, 2.05) is 18.2 Å². The molecule has 6 nitrogen and oxygen atoms in total. The van der Waals surface area contributed by atoms with Crippen molar-refractivity contribution in [3.8, 4) is 0 Å². The molecule has 1 fully saturated rings. The van der Waals surface area contributed by atoms with E-state index in [1.54, 1.807) is 32.2 Å². The van der Waals surface area contributed by atoms with Gasteiger partial charge in [0.1, 0.15) is 0 Å². The molecule has 0 spiro atoms. The fourth-order valence-electron chi connectivity index (χ4n) is 3.48. The smallest absolute Gasteiger partial charge is 0.255 e. The number of nitrogens with zero attached hydrogens (tertiary/aromatic N) is 1. The third kappa shape index (κ3) is 5.04. The Morgan fingerprint density at radius 2 is 1.90 bits per heavy atom. The molecule has 0 aliphatic carbocycles. The van der Waals surface area contributed by atoms with Gasteiger partial charge in [-0.25, -0.2) is 8.42 Å². The highest BCUT2D eigenvalue weighted by Gasteiger charge is 2.29. The van der Waals surface area contributed by atoms with Crippen LogP contribution in [0.2, 0.25) is 0 Å². The van der Waals surface area contributed by atoms with Crippen LogP contribution in [-0.2, 0) is 21.4 Å². The fraction of sp³-hybridized carbons (Fsp3) is 0.409. The van der Waals surface area contributed by atoms with Gasteiger partial charge in [0.15, 0.2) is 0 Å². The van der Waals surface area contributed by atoms with E-state index < -0.39 is 10.0 Å². The minimum absolute atomic E-state index is 0.163. The molecule has 1 saturated heterocycles. The maximum absolute atomic E-state index is 13.0. The number of hydrogen-bond donors (Lipinski definition) is 1. The van der Waals surface area contributed by atoms with Gasteiger partial charge >= 0.3 is 0 Å². The fourth-order valence-corrected chi connectivity index (χ4v) is 4.98. The lowest BCUT2D eigenvalue weighted by molar-refractivity contribution is 0.102. The van der Waals surface area contributed by atoms with Gasteiger partial charge in [0.2, 0.25) is 10.0 Å². The van der Waals surface area contributed by atoms with Crippen molar-refractivity contribution in [2.45, 2.75) is 38.2 Å². The largest absolute Gasteiger partial charge is 0.380 e. The maximum Gasteiger partial charge on any atom is 0.255 e. The van der Waals surface area contributed by atoms with Gasteiger partial charge in [-0.1, -0.05) is 25.1 Å². The zero-order chi connectivity index (χ0) is 21.0. The predicted molar refractivity (Wildman–Crippen MR) is 113 cm³/mol. The van der Waals surface area contributed by atoms with Crippen LogP contribution in [0.5, 0.6) is 0 Å². The Morgan fingerprint density at radius 3 is 2.59 bits per heavy atom. The summed E-state index contributed by atoms with van der Waals surface area (Å²) in [4.78, 5) is 13.0. The summed E-state index contributed by atoms with van der Waals surface area (Å²) in [6, 6.07) is 12.1. The Kier molecular flexibility index (Phi) is 6.72. The van der Waals surface area contributed by atoms with Gasteiger partial charge in [0.05, 0.1) is 11.5 Å². The van der Waals surface area contributed by atoms with Crippen LogP contribution in [-0.4, -0.2) is 38.8 Å². The second-order valence-electron chi connectivity index (χ2n) is 7.65. The molecule has 0 aromatic heterocycles. The first kappa shape index (κ1) is 21.5. The number of piperidine rings is 1. The highest BCUT2D eigenvalue weighted by Crippen LogP contribution is 2.25. The number of carbonyl (C=O) groups excluding carboxylic acids is 1. The van der Waals surface area contributed by atoms with E-state index in [4.69, 9.17) is 4.74 Å². The Morgan fingerprint density at radius 1 is 1.17 bits per heavy atom. The molecule has 7 heteroatoms. The van der Waals surface area contributed by atoms with Crippen LogP contribution < -0.4 is 5.32 Å². The second-order valence-corrected chi connectivity index (χ2v) is 9.59. The van der Waals surface area contributed by atoms with Crippen molar-refractivity contribution in [2.24, 2.45) is 5.92 Å². The van der Waals surface area contributed by atoms with Crippen LogP contribution >= 0.6 is 0 Å². The number of aryl methyl sites for hydroxylation is 1. The summed E-state index contributed by atoms with van der Waals surface area (Å²) in [5.74, 6) is 0.205. The Labute approximate surface area is 172 Å². The first-order valence-electron chi connectivity index (χ1n) is 9.81. The van der Waals surface area contributed by atoms with Crippen molar-refractivity contribution in [3.63, 3.8) is 0 Å². The quantitative estimate of drug-likeness (QED) is 0.777. The number of hydrogen-bond acceptors (Lipinski definition) is 4. The molecule has 0 radical (unpaired) electrons. The van der Waals surface area contributed by atoms with E-state index in [2.05, 4.69) is 12.2 Å². The molecular formula is C22H28N2O4S. The van der Waals surface area contributed by atoms with Crippen molar-refractivity contribution >= 4 is 21.6 Å². The molecule has 1 amide bonds. The van der Waals surface area contributed by atoms with E-state index in [0.29, 0.717) is 36.9 Å². The minimum atomic E-state index is -3.61. The molecule has 2 aromatic rings. The first-order chi connectivity index (χ1) is 13.8. The molecule has 0 saturated carbocycles. The average molecular weight is 417 g/mol. The zero-order valence-electron chi connectivity index (χ0n) is 17.1. The molecule has 2 aromatic carbocycles. The summed E-state index contributed by atoms with van der Waals surface area (Å²) < 4.78 is 32.7. The molecule has 29 heavy (non-hydrogen) atoms. The number of benzene rings is 2. The summed E-state index contributed by atoms with van der Waals surface area (Å²) in [6.45, 7) is 5.43. The third-order valence-electron chi connectivity index (χ3n) is 5.33. The van der Waals surface area contributed by atoms with Crippen LogP contribution in [0.1, 0.15) is 41.3 Å². The van der Waals surface area contributed by atoms with Gasteiger partial charge in [-0.2, -0.15) is 4.31 Å². The number of anilines is 1. The summed E-state index contributed by atoms with van der Waals surface area (Å²) in [7, 11) is -1.99. The lowest BCUT2D eigenvalue weighted by Gasteiger charge is -2.29. The topological polar surface area (TPSA) is 75.7 Å². The van der Waals surface area contributed by atoms with Gasteiger partial charge in [0, 0.05) is 31.5 Å². The molecular weight excluding hydrogens is 388 g/mol. The van der Waals surface area contributed by atoms with Crippen LogP contribution in [0.25, 0.3) is 0 Å². The van der Waals surface area contributed by atoms with E-state index in [-0.39, 0.29) is 10.8 Å². The molecule has 1 N–H and O–H groups in total. The summed E-state index contributed by atoms with van der Waals surface area (Å²) >= 11 is 0. The molecule has 1 aliphatic rings. The zero-order valence-corrected chi connectivity index (χ0v) is 18.0. The van der Waals surface area contributed by atoms with Crippen LogP contribution in [0.3, 0.4) is 0 Å². The number of methoxy groups -OCH3 is 1. The van der Waals surface area contributed by atoms with Crippen LogP contribution in [0, 0.1) is 12.8 Å². The SMILES string of the molecule is COCc1cccc(NC(=O)c2cc(S(=O)(=O)N3CCC(C)CC3)ccc2C)c1. The standard InChI is InChI=1S/C22H28N2O4S/c1-16-9-11-24(12-10-16)29(26,27)20-8-7-17(2)21(14-20)22(25)23-19-6-4-5-18(13-19)15-28-3/h4-8,13-14,16H,9-12,15H2,1-3H3,(H,23,25). The number of rotatable bonds is 6. The Balaban J connectivity index is 1.83. The van der Waals surface area contributed by atoms with Gasteiger partial charge < -0.3 is 10.1 Å². The number of nitrogens with one attached hydrogen (secondary N) is 1. The number of carbonyl (C=O) groups is 1. The van der Waals surface area contributed by atoms with E-state index in [1.165, 1.54) is 10.4 Å². The molecule has 1 aliphatic heterocycles. The van der Waals surface area contributed by atoms with Gasteiger partial charge in [0.25, 0.3) is 5.91 Å². The van der Waals surface area contributed by atoms with E-state index >= 15 is 0 Å². The predicted octanol–water partition coefficient (Wildman–Crippen LogP) is 3.81.